The molecular weight excluding hydrogens is 232 g/mol. The minimum absolute atomic E-state index is 0.0573. The van der Waals surface area contributed by atoms with E-state index >= 15 is 0 Å². The molecule has 1 spiro atoms. The predicted molar refractivity (Wildman–Crippen MR) is 65.7 cm³/mol. The maximum absolute atomic E-state index is 11.9. The summed E-state index contributed by atoms with van der Waals surface area (Å²) >= 11 is 0. The van der Waals surface area contributed by atoms with E-state index in [4.69, 9.17) is 9.47 Å². The Labute approximate surface area is 107 Å². The van der Waals surface area contributed by atoms with Crippen LogP contribution in [0.1, 0.15) is 39.5 Å². The van der Waals surface area contributed by atoms with Gasteiger partial charge in [0.25, 0.3) is 0 Å². The summed E-state index contributed by atoms with van der Waals surface area (Å²) in [6, 6.07) is 0. The highest BCUT2D eigenvalue weighted by atomic mass is 16.5. The Morgan fingerprint density at radius 1 is 1.28 bits per heavy atom. The third-order valence-electron chi connectivity index (χ3n) is 3.95. The molecule has 0 aromatic rings. The lowest BCUT2D eigenvalue weighted by atomic mass is 9.89. The van der Waals surface area contributed by atoms with Crippen LogP contribution in [0.4, 0.5) is 0 Å². The first-order chi connectivity index (χ1) is 8.64. The van der Waals surface area contributed by atoms with Gasteiger partial charge in [-0.1, -0.05) is 5.57 Å². The SMILES string of the molecule is CCOC(=O)/C=C1\CCC(C(=O)OCC)C12CC2. The van der Waals surface area contributed by atoms with E-state index in [-0.39, 0.29) is 23.3 Å². The van der Waals surface area contributed by atoms with E-state index in [9.17, 15) is 9.59 Å². The summed E-state index contributed by atoms with van der Waals surface area (Å²) < 4.78 is 10.1. The van der Waals surface area contributed by atoms with Crippen LogP contribution in [-0.2, 0) is 19.1 Å². The molecule has 4 heteroatoms. The monoisotopic (exact) mass is 252 g/mol. The van der Waals surface area contributed by atoms with E-state index in [0.29, 0.717) is 13.2 Å². The van der Waals surface area contributed by atoms with Crippen LogP contribution in [0.5, 0.6) is 0 Å². The standard InChI is InChI=1S/C14H20O4/c1-3-17-12(15)9-10-5-6-11(13(16)18-4-2)14(10)7-8-14/h9,11H,3-8H2,1-2H3/b10-9+. The average molecular weight is 252 g/mol. The quantitative estimate of drug-likeness (QED) is 0.568. The molecule has 0 N–H and O–H groups in total. The molecule has 2 aliphatic rings. The van der Waals surface area contributed by atoms with Crippen LogP contribution in [-0.4, -0.2) is 25.2 Å². The van der Waals surface area contributed by atoms with Crippen molar-refractivity contribution < 1.29 is 19.1 Å². The molecule has 100 valence electrons. The number of carbonyl (C=O) groups is 2. The first-order valence-electron chi connectivity index (χ1n) is 6.68. The Kier molecular flexibility index (Phi) is 3.73. The third-order valence-corrected chi connectivity index (χ3v) is 3.95. The predicted octanol–water partition coefficient (Wildman–Crippen LogP) is 2.23. The van der Waals surface area contributed by atoms with Crippen LogP contribution >= 0.6 is 0 Å². The number of esters is 2. The molecule has 1 atom stereocenters. The van der Waals surface area contributed by atoms with Crippen molar-refractivity contribution in [3.8, 4) is 0 Å². The molecule has 2 fully saturated rings. The van der Waals surface area contributed by atoms with Crippen molar-refractivity contribution in [3.63, 3.8) is 0 Å². The molecule has 0 aromatic carbocycles. The van der Waals surface area contributed by atoms with Crippen LogP contribution in [0.3, 0.4) is 0 Å². The molecule has 2 rings (SSSR count). The Bertz CT molecular complexity index is 379. The van der Waals surface area contributed by atoms with E-state index in [1.54, 1.807) is 13.0 Å². The Balaban J connectivity index is 2.09. The fourth-order valence-electron chi connectivity index (χ4n) is 2.98. The summed E-state index contributed by atoms with van der Waals surface area (Å²) in [6.07, 6.45) is 5.17. The van der Waals surface area contributed by atoms with Crippen molar-refractivity contribution in [2.45, 2.75) is 39.5 Å². The Morgan fingerprint density at radius 3 is 2.50 bits per heavy atom. The minimum atomic E-state index is -0.289. The molecular formula is C14H20O4. The zero-order valence-electron chi connectivity index (χ0n) is 11.0. The number of rotatable bonds is 4. The van der Waals surface area contributed by atoms with Gasteiger partial charge in [0, 0.05) is 11.5 Å². The molecule has 0 saturated heterocycles. The highest BCUT2D eigenvalue weighted by Gasteiger charge is 2.58. The molecule has 18 heavy (non-hydrogen) atoms. The van der Waals surface area contributed by atoms with E-state index in [1.165, 1.54) is 0 Å². The van der Waals surface area contributed by atoms with Crippen LogP contribution < -0.4 is 0 Å². The largest absolute Gasteiger partial charge is 0.466 e. The number of carbonyl (C=O) groups excluding carboxylic acids is 2. The number of hydrogen-bond acceptors (Lipinski definition) is 4. The summed E-state index contributed by atoms with van der Waals surface area (Å²) in [7, 11) is 0. The zero-order valence-corrected chi connectivity index (χ0v) is 11.0. The fraction of sp³-hybridized carbons (Fsp3) is 0.714. The van der Waals surface area contributed by atoms with Gasteiger partial charge in [0.2, 0.25) is 0 Å². The van der Waals surface area contributed by atoms with Crippen LogP contribution in [0.2, 0.25) is 0 Å². The lowest BCUT2D eigenvalue weighted by Crippen LogP contribution is -2.23. The molecule has 0 bridgehead atoms. The van der Waals surface area contributed by atoms with Crippen LogP contribution in [0.25, 0.3) is 0 Å². The number of ether oxygens (including phenoxy) is 2. The summed E-state index contributed by atoms with van der Waals surface area (Å²) in [5.41, 5.74) is 0.998. The lowest BCUT2D eigenvalue weighted by Gasteiger charge is -2.17. The van der Waals surface area contributed by atoms with Gasteiger partial charge in [-0.25, -0.2) is 4.79 Å². The van der Waals surface area contributed by atoms with E-state index in [0.717, 1.165) is 31.3 Å². The van der Waals surface area contributed by atoms with Crippen molar-refractivity contribution in [2.75, 3.05) is 13.2 Å². The summed E-state index contributed by atoms with van der Waals surface area (Å²) in [5.74, 6) is -0.455. The number of hydrogen-bond donors (Lipinski definition) is 0. The van der Waals surface area contributed by atoms with Crippen molar-refractivity contribution in [1.29, 1.82) is 0 Å². The maximum atomic E-state index is 11.9. The molecule has 2 saturated carbocycles. The normalized spacial score (nSPS) is 26.3. The van der Waals surface area contributed by atoms with Gasteiger partial charge in [-0.2, -0.15) is 0 Å². The molecule has 0 aliphatic heterocycles. The molecule has 1 unspecified atom stereocenters. The lowest BCUT2D eigenvalue weighted by molar-refractivity contribution is -0.149. The molecule has 0 aromatic heterocycles. The number of allylic oxidation sites excluding steroid dienone is 1. The van der Waals surface area contributed by atoms with Crippen LogP contribution in [0, 0.1) is 11.3 Å². The molecule has 0 radical (unpaired) electrons. The first-order valence-corrected chi connectivity index (χ1v) is 6.68. The van der Waals surface area contributed by atoms with Gasteiger partial charge in [-0.05, 0) is 39.5 Å². The van der Waals surface area contributed by atoms with E-state index in [1.807, 2.05) is 6.92 Å². The average Bonchev–Trinajstić information content (AvgIpc) is 3.01. The Hall–Kier alpha value is -1.32. The summed E-state index contributed by atoms with van der Waals surface area (Å²) in [5, 5.41) is 0. The highest BCUT2D eigenvalue weighted by Crippen LogP contribution is 2.64. The maximum Gasteiger partial charge on any atom is 0.330 e. The summed E-state index contributed by atoms with van der Waals surface area (Å²) in [6.45, 7) is 4.42. The van der Waals surface area contributed by atoms with Crippen LogP contribution in [0.15, 0.2) is 11.6 Å². The van der Waals surface area contributed by atoms with Crippen molar-refractivity contribution in [2.24, 2.45) is 11.3 Å². The Morgan fingerprint density at radius 2 is 1.94 bits per heavy atom. The second-order valence-electron chi connectivity index (χ2n) is 4.92. The first kappa shape index (κ1) is 13.1. The fourth-order valence-corrected chi connectivity index (χ4v) is 2.98. The topological polar surface area (TPSA) is 52.6 Å². The molecule has 4 nitrogen and oxygen atoms in total. The second-order valence-corrected chi connectivity index (χ2v) is 4.92. The van der Waals surface area contributed by atoms with Gasteiger partial charge in [0.05, 0.1) is 19.1 Å². The van der Waals surface area contributed by atoms with Gasteiger partial charge in [-0.15, -0.1) is 0 Å². The summed E-state index contributed by atoms with van der Waals surface area (Å²) in [4.78, 5) is 23.4. The van der Waals surface area contributed by atoms with Crippen molar-refractivity contribution in [3.05, 3.63) is 11.6 Å². The van der Waals surface area contributed by atoms with E-state index < -0.39 is 0 Å². The van der Waals surface area contributed by atoms with Crippen molar-refractivity contribution in [1.82, 2.24) is 0 Å². The van der Waals surface area contributed by atoms with Gasteiger partial charge in [0.15, 0.2) is 0 Å². The second kappa shape index (κ2) is 5.12. The molecule has 2 aliphatic carbocycles. The smallest absolute Gasteiger partial charge is 0.330 e. The van der Waals surface area contributed by atoms with Gasteiger partial charge in [-0.3, -0.25) is 4.79 Å². The molecule has 0 amide bonds. The van der Waals surface area contributed by atoms with E-state index in [2.05, 4.69) is 0 Å². The third kappa shape index (κ3) is 2.28. The van der Waals surface area contributed by atoms with Crippen molar-refractivity contribution >= 4 is 11.9 Å². The minimum Gasteiger partial charge on any atom is -0.466 e. The zero-order chi connectivity index (χ0) is 13.2. The van der Waals surface area contributed by atoms with Gasteiger partial charge < -0.3 is 9.47 Å². The highest BCUT2D eigenvalue weighted by molar-refractivity contribution is 5.84. The van der Waals surface area contributed by atoms with Gasteiger partial charge in [0.1, 0.15) is 0 Å². The molecule has 0 heterocycles. The van der Waals surface area contributed by atoms with Gasteiger partial charge >= 0.3 is 11.9 Å².